The fourth-order valence-electron chi connectivity index (χ4n) is 3.70. The summed E-state index contributed by atoms with van der Waals surface area (Å²) < 4.78 is 0. The lowest BCUT2D eigenvalue weighted by atomic mass is 9.90. The molecule has 1 fully saturated rings. The van der Waals surface area contributed by atoms with E-state index in [2.05, 4.69) is 6.92 Å². The van der Waals surface area contributed by atoms with Gasteiger partial charge < -0.3 is 10.0 Å². The number of benzene rings is 1. The van der Waals surface area contributed by atoms with Crippen LogP contribution in [0.25, 0.3) is 0 Å². The average molecular weight is 287 g/mol. The van der Waals surface area contributed by atoms with Crippen molar-refractivity contribution in [2.24, 2.45) is 11.8 Å². The molecule has 0 spiro atoms. The topological polar surface area (TPSA) is 57.6 Å². The van der Waals surface area contributed by atoms with Gasteiger partial charge in [-0.15, -0.1) is 0 Å². The van der Waals surface area contributed by atoms with Crippen LogP contribution in [0.2, 0.25) is 0 Å². The zero-order chi connectivity index (χ0) is 15.0. The van der Waals surface area contributed by atoms with E-state index in [1.165, 1.54) is 0 Å². The first kappa shape index (κ1) is 14.1. The molecule has 0 aromatic heterocycles. The molecule has 4 heteroatoms. The number of hydrogen-bond acceptors (Lipinski definition) is 2. The lowest BCUT2D eigenvalue weighted by Crippen LogP contribution is -2.50. The van der Waals surface area contributed by atoms with E-state index in [1.54, 1.807) is 4.90 Å². The van der Waals surface area contributed by atoms with E-state index < -0.39 is 12.0 Å². The Morgan fingerprint density at radius 1 is 1.19 bits per heavy atom. The van der Waals surface area contributed by atoms with Crippen LogP contribution in [0.1, 0.15) is 37.3 Å². The molecule has 1 aliphatic carbocycles. The van der Waals surface area contributed by atoms with E-state index in [0.29, 0.717) is 18.9 Å². The van der Waals surface area contributed by atoms with Crippen molar-refractivity contribution < 1.29 is 14.7 Å². The van der Waals surface area contributed by atoms with Gasteiger partial charge in [-0.25, -0.2) is 4.79 Å². The first-order valence-electron chi connectivity index (χ1n) is 7.68. The minimum absolute atomic E-state index is 0.00267. The smallest absolute Gasteiger partial charge is 0.326 e. The molecule has 3 atom stereocenters. The van der Waals surface area contributed by atoms with Crippen molar-refractivity contribution in [2.45, 2.75) is 45.2 Å². The maximum atomic E-state index is 12.8. The van der Waals surface area contributed by atoms with Crippen LogP contribution in [0, 0.1) is 11.8 Å². The minimum Gasteiger partial charge on any atom is -0.480 e. The summed E-state index contributed by atoms with van der Waals surface area (Å²) in [7, 11) is 0. The maximum absolute atomic E-state index is 12.8. The minimum atomic E-state index is -0.900. The van der Waals surface area contributed by atoms with E-state index in [4.69, 9.17) is 0 Å². The SMILES string of the molecule is CC1CCCC1C(=O)N1Cc2ccccc2C[C@H]1C(=O)O. The number of amides is 1. The number of carbonyl (C=O) groups excluding carboxylic acids is 1. The van der Waals surface area contributed by atoms with Crippen molar-refractivity contribution in [2.75, 3.05) is 0 Å². The van der Waals surface area contributed by atoms with Gasteiger partial charge in [-0.1, -0.05) is 37.6 Å². The molecule has 1 aliphatic heterocycles. The Hall–Kier alpha value is -1.84. The Morgan fingerprint density at radius 3 is 2.52 bits per heavy atom. The zero-order valence-electron chi connectivity index (χ0n) is 12.3. The molecule has 1 heterocycles. The third-order valence-corrected chi connectivity index (χ3v) is 5.00. The van der Waals surface area contributed by atoms with E-state index in [0.717, 1.165) is 30.4 Å². The molecule has 0 bridgehead atoms. The number of carboxylic acids is 1. The number of aliphatic carboxylic acids is 1. The van der Waals surface area contributed by atoms with Gasteiger partial charge in [-0.05, 0) is 29.9 Å². The second kappa shape index (κ2) is 5.51. The molecule has 2 unspecified atom stereocenters. The second-order valence-electron chi connectivity index (χ2n) is 6.31. The highest BCUT2D eigenvalue weighted by molar-refractivity contribution is 5.86. The highest BCUT2D eigenvalue weighted by atomic mass is 16.4. The highest BCUT2D eigenvalue weighted by Gasteiger charge is 2.40. The molecule has 1 aromatic carbocycles. The van der Waals surface area contributed by atoms with Gasteiger partial charge in [0.05, 0.1) is 0 Å². The number of nitrogens with zero attached hydrogens (tertiary/aromatic N) is 1. The molecule has 1 amide bonds. The third-order valence-electron chi connectivity index (χ3n) is 5.00. The van der Waals surface area contributed by atoms with Gasteiger partial charge in [0.1, 0.15) is 6.04 Å². The summed E-state index contributed by atoms with van der Waals surface area (Å²) >= 11 is 0. The van der Waals surface area contributed by atoms with Crippen LogP contribution in [0.15, 0.2) is 24.3 Å². The Bertz CT molecular complexity index is 569. The van der Waals surface area contributed by atoms with Crippen LogP contribution < -0.4 is 0 Å². The highest BCUT2D eigenvalue weighted by Crippen LogP contribution is 2.35. The summed E-state index contributed by atoms with van der Waals surface area (Å²) in [6.07, 6.45) is 3.45. The molecule has 2 aliphatic rings. The Labute approximate surface area is 124 Å². The predicted octanol–water partition coefficient (Wildman–Crippen LogP) is 2.46. The number of fused-ring (bicyclic) bond motifs is 1. The summed E-state index contributed by atoms with van der Waals surface area (Å²) in [6.45, 7) is 2.53. The fourth-order valence-corrected chi connectivity index (χ4v) is 3.70. The Balaban J connectivity index is 1.89. The van der Waals surface area contributed by atoms with Crippen LogP contribution in [0.5, 0.6) is 0 Å². The Morgan fingerprint density at radius 2 is 1.90 bits per heavy atom. The van der Waals surface area contributed by atoms with Gasteiger partial charge in [0.25, 0.3) is 0 Å². The van der Waals surface area contributed by atoms with Crippen molar-refractivity contribution in [3.8, 4) is 0 Å². The van der Waals surface area contributed by atoms with Crippen molar-refractivity contribution in [1.29, 1.82) is 0 Å². The molecule has 4 nitrogen and oxygen atoms in total. The lowest BCUT2D eigenvalue weighted by Gasteiger charge is -2.36. The predicted molar refractivity (Wildman–Crippen MR) is 78.6 cm³/mol. The van der Waals surface area contributed by atoms with Crippen molar-refractivity contribution in [1.82, 2.24) is 4.90 Å². The Kier molecular flexibility index (Phi) is 3.70. The summed E-state index contributed by atoms with van der Waals surface area (Å²) in [6, 6.07) is 7.10. The molecule has 1 saturated carbocycles. The van der Waals surface area contributed by atoms with Crippen molar-refractivity contribution in [3.05, 3.63) is 35.4 Å². The van der Waals surface area contributed by atoms with Gasteiger partial charge in [-0.2, -0.15) is 0 Å². The first-order valence-corrected chi connectivity index (χ1v) is 7.68. The third kappa shape index (κ3) is 2.55. The standard InChI is InChI=1S/C17H21NO3/c1-11-5-4-8-14(11)16(19)18-10-13-7-3-2-6-12(13)9-15(18)17(20)21/h2-3,6-7,11,14-15H,4-5,8-10H2,1H3,(H,20,21)/t11?,14?,15-/m0/s1. The van der Waals surface area contributed by atoms with Crippen LogP contribution in [0.4, 0.5) is 0 Å². The summed E-state index contributed by atoms with van der Waals surface area (Å²) in [4.78, 5) is 26.0. The number of carboxylic acid groups (broad SMARTS) is 1. The largest absolute Gasteiger partial charge is 0.480 e. The molecule has 0 saturated heterocycles. The molecule has 1 aromatic rings. The normalized spacial score (nSPS) is 28.2. The number of rotatable bonds is 2. The summed E-state index contributed by atoms with van der Waals surface area (Å²) in [5, 5.41) is 9.50. The molecule has 0 radical (unpaired) electrons. The van der Waals surface area contributed by atoms with Gasteiger partial charge in [0.15, 0.2) is 0 Å². The van der Waals surface area contributed by atoms with Gasteiger partial charge in [0, 0.05) is 18.9 Å². The second-order valence-corrected chi connectivity index (χ2v) is 6.31. The van der Waals surface area contributed by atoms with E-state index in [-0.39, 0.29) is 11.8 Å². The fraction of sp³-hybridized carbons (Fsp3) is 0.529. The van der Waals surface area contributed by atoms with E-state index >= 15 is 0 Å². The van der Waals surface area contributed by atoms with Crippen LogP contribution in [0.3, 0.4) is 0 Å². The zero-order valence-corrected chi connectivity index (χ0v) is 12.3. The molecule has 3 rings (SSSR count). The maximum Gasteiger partial charge on any atom is 0.326 e. The number of carbonyl (C=O) groups is 2. The first-order chi connectivity index (χ1) is 10.1. The van der Waals surface area contributed by atoms with Crippen LogP contribution in [-0.4, -0.2) is 27.9 Å². The number of hydrogen-bond donors (Lipinski definition) is 1. The van der Waals surface area contributed by atoms with Gasteiger partial charge in [-0.3, -0.25) is 4.79 Å². The molecule has 21 heavy (non-hydrogen) atoms. The molecule has 1 N–H and O–H groups in total. The van der Waals surface area contributed by atoms with E-state index in [9.17, 15) is 14.7 Å². The lowest BCUT2D eigenvalue weighted by molar-refractivity contribution is -0.153. The van der Waals surface area contributed by atoms with Gasteiger partial charge in [0.2, 0.25) is 5.91 Å². The molecular formula is C17H21NO3. The van der Waals surface area contributed by atoms with Crippen molar-refractivity contribution >= 4 is 11.9 Å². The summed E-state index contributed by atoms with van der Waals surface area (Å²) in [5.74, 6) is -0.508. The van der Waals surface area contributed by atoms with Crippen LogP contribution in [-0.2, 0) is 22.6 Å². The molecule has 112 valence electrons. The quantitative estimate of drug-likeness (QED) is 0.909. The molecular weight excluding hydrogens is 266 g/mol. The van der Waals surface area contributed by atoms with Gasteiger partial charge >= 0.3 is 5.97 Å². The average Bonchev–Trinajstić information content (AvgIpc) is 2.91. The van der Waals surface area contributed by atoms with E-state index in [1.807, 2.05) is 24.3 Å². The summed E-state index contributed by atoms with van der Waals surface area (Å²) in [5.41, 5.74) is 2.13. The van der Waals surface area contributed by atoms with Crippen LogP contribution >= 0.6 is 0 Å². The van der Waals surface area contributed by atoms with Crippen molar-refractivity contribution in [3.63, 3.8) is 0 Å². The monoisotopic (exact) mass is 287 g/mol.